The lowest BCUT2D eigenvalue weighted by atomic mass is 10.1. The summed E-state index contributed by atoms with van der Waals surface area (Å²) >= 11 is 0. The number of carbonyl (C=O) groups is 2. The first-order valence-corrected chi connectivity index (χ1v) is 4.32. The quantitative estimate of drug-likeness (QED) is 0.550. The number of hydrogen-bond acceptors (Lipinski definition) is 4. The second-order valence-corrected chi connectivity index (χ2v) is 3.07. The Hall–Kier alpha value is -2.04. The van der Waals surface area contributed by atoms with Gasteiger partial charge in [-0.25, -0.2) is 0 Å². The van der Waals surface area contributed by atoms with Crippen LogP contribution in [0.1, 0.15) is 17.3 Å². The molecule has 1 rings (SSSR count). The van der Waals surface area contributed by atoms with Crippen LogP contribution >= 0.6 is 0 Å². The van der Waals surface area contributed by atoms with Gasteiger partial charge in [0.15, 0.2) is 12.4 Å². The van der Waals surface area contributed by atoms with E-state index in [0.29, 0.717) is 17.0 Å². The van der Waals surface area contributed by atoms with Gasteiger partial charge in [0.1, 0.15) is 5.75 Å². The molecule has 0 radical (unpaired) electrons. The molecule has 4 N–H and O–H groups in total. The van der Waals surface area contributed by atoms with Crippen molar-refractivity contribution in [1.82, 2.24) is 0 Å². The highest BCUT2D eigenvalue weighted by Crippen LogP contribution is 2.21. The predicted octanol–water partition coefficient (Wildman–Crippen LogP) is 0.336. The normalized spacial score (nSPS) is 9.67. The Morgan fingerprint density at radius 2 is 2.07 bits per heavy atom. The zero-order chi connectivity index (χ0) is 11.4. The Morgan fingerprint density at radius 3 is 2.60 bits per heavy atom. The van der Waals surface area contributed by atoms with Crippen molar-refractivity contribution in [3.05, 3.63) is 23.8 Å². The molecule has 0 unspecified atom stereocenters. The fraction of sp³-hybridized carbons (Fsp3) is 0.200. The van der Waals surface area contributed by atoms with Gasteiger partial charge >= 0.3 is 0 Å². The maximum Gasteiger partial charge on any atom is 0.255 e. The molecule has 0 aromatic heterocycles. The summed E-state index contributed by atoms with van der Waals surface area (Å²) < 4.78 is 5.06. The monoisotopic (exact) mass is 208 g/mol. The highest BCUT2D eigenvalue weighted by molar-refractivity contribution is 5.97. The number of amides is 1. The SMILES string of the molecule is CC(=O)c1cc(N)ccc1OCC(N)=O. The maximum atomic E-state index is 11.2. The van der Waals surface area contributed by atoms with E-state index in [0.717, 1.165) is 0 Å². The molecule has 0 spiro atoms. The third-order valence-corrected chi connectivity index (χ3v) is 1.75. The molecule has 5 heteroatoms. The smallest absolute Gasteiger partial charge is 0.255 e. The Labute approximate surface area is 87.0 Å². The zero-order valence-electron chi connectivity index (χ0n) is 8.32. The maximum absolute atomic E-state index is 11.2. The van der Waals surface area contributed by atoms with Crippen LogP contribution in [0.5, 0.6) is 5.75 Å². The minimum atomic E-state index is -0.596. The molecule has 15 heavy (non-hydrogen) atoms. The van der Waals surface area contributed by atoms with E-state index in [2.05, 4.69) is 0 Å². The number of nitrogen functional groups attached to an aromatic ring is 1. The number of hydrogen-bond donors (Lipinski definition) is 2. The molecule has 0 fully saturated rings. The van der Waals surface area contributed by atoms with Gasteiger partial charge in [-0.2, -0.15) is 0 Å². The molecule has 80 valence electrons. The second-order valence-electron chi connectivity index (χ2n) is 3.07. The molecule has 0 aliphatic rings. The van der Waals surface area contributed by atoms with Crippen molar-refractivity contribution >= 4 is 17.4 Å². The molecule has 5 nitrogen and oxygen atoms in total. The van der Waals surface area contributed by atoms with Crippen LogP contribution in [0.15, 0.2) is 18.2 Å². The largest absolute Gasteiger partial charge is 0.483 e. The summed E-state index contributed by atoms with van der Waals surface area (Å²) in [5, 5.41) is 0. The molecule has 0 atom stereocenters. The topological polar surface area (TPSA) is 95.4 Å². The van der Waals surface area contributed by atoms with Crippen molar-refractivity contribution in [2.75, 3.05) is 12.3 Å². The van der Waals surface area contributed by atoms with Gasteiger partial charge < -0.3 is 16.2 Å². The lowest BCUT2D eigenvalue weighted by Gasteiger charge is -2.08. The van der Waals surface area contributed by atoms with Crippen molar-refractivity contribution in [3.63, 3.8) is 0 Å². The number of ketones is 1. The number of benzene rings is 1. The van der Waals surface area contributed by atoms with E-state index in [1.54, 1.807) is 6.07 Å². The van der Waals surface area contributed by atoms with E-state index < -0.39 is 5.91 Å². The van der Waals surface area contributed by atoms with Crippen LogP contribution in [0.4, 0.5) is 5.69 Å². The summed E-state index contributed by atoms with van der Waals surface area (Å²) in [6.07, 6.45) is 0. The van der Waals surface area contributed by atoms with Crippen LogP contribution in [0, 0.1) is 0 Å². The number of nitrogens with two attached hydrogens (primary N) is 2. The first-order chi connectivity index (χ1) is 7.00. The van der Waals surface area contributed by atoms with Crippen LogP contribution in [0.2, 0.25) is 0 Å². The lowest BCUT2D eigenvalue weighted by Crippen LogP contribution is -2.20. The first kappa shape index (κ1) is 11.0. The standard InChI is InChI=1S/C10H12N2O3/c1-6(13)8-4-7(11)2-3-9(8)15-5-10(12)14/h2-4H,5,11H2,1H3,(H2,12,14). The molecule has 1 aromatic carbocycles. The summed E-state index contributed by atoms with van der Waals surface area (Å²) in [6, 6.07) is 4.62. The molecule has 1 aromatic rings. The van der Waals surface area contributed by atoms with Crippen molar-refractivity contribution in [2.24, 2.45) is 5.73 Å². The van der Waals surface area contributed by atoms with Gasteiger partial charge in [0.05, 0.1) is 5.56 Å². The molecule has 0 saturated carbocycles. The number of rotatable bonds is 4. The van der Waals surface area contributed by atoms with Crippen molar-refractivity contribution < 1.29 is 14.3 Å². The van der Waals surface area contributed by atoms with E-state index in [4.69, 9.17) is 16.2 Å². The van der Waals surface area contributed by atoms with Crippen LogP contribution in [-0.4, -0.2) is 18.3 Å². The molecule has 0 aliphatic carbocycles. The summed E-state index contributed by atoms with van der Waals surface area (Å²) in [6.45, 7) is 1.14. The van der Waals surface area contributed by atoms with E-state index in [1.165, 1.54) is 19.1 Å². The fourth-order valence-corrected chi connectivity index (χ4v) is 1.10. The van der Waals surface area contributed by atoms with Gasteiger partial charge in [0.2, 0.25) is 0 Å². The summed E-state index contributed by atoms with van der Waals surface area (Å²) in [7, 11) is 0. The molecule has 0 aliphatic heterocycles. The Kier molecular flexibility index (Phi) is 3.28. The van der Waals surface area contributed by atoms with E-state index in [9.17, 15) is 9.59 Å². The number of carbonyl (C=O) groups excluding carboxylic acids is 2. The molecular weight excluding hydrogens is 196 g/mol. The number of Topliss-reactive ketones (excluding diaryl/α,β-unsaturated/α-hetero) is 1. The minimum absolute atomic E-state index is 0.179. The highest BCUT2D eigenvalue weighted by atomic mass is 16.5. The Balaban J connectivity index is 2.95. The van der Waals surface area contributed by atoms with Gasteiger partial charge in [0.25, 0.3) is 5.91 Å². The lowest BCUT2D eigenvalue weighted by molar-refractivity contribution is -0.119. The average Bonchev–Trinajstić information content (AvgIpc) is 2.15. The van der Waals surface area contributed by atoms with Crippen molar-refractivity contribution in [1.29, 1.82) is 0 Å². The molecule has 0 heterocycles. The minimum Gasteiger partial charge on any atom is -0.483 e. The van der Waals surface area contributed by atoms with Crippen molar-refractivity contribution in [3.8, 4) is 5.75 Å². The van der Waals surface area contributed by atoms with Gasteiger partial charge in [-0.15, -0.1) is 0 Å². The van der Waals surface area contributed by atoms with Gasteiger partial charge in [-0.05, 0) is 25.1 Å². The zero-order valence-corrected chi connectivity index (χ0v) is 8.32. The van der Waals surface area contributed by atoms with Crippen LogP contribution < -0.4 is 16.2 Å². The Morgan fingerprint density at radius 1 is 1.40 bits per heavy atom. The number of ether oxygens (including phenoxy) is 1. The molecular formula is C10H12N2O3. The summed E-state index contributed by atoms with van der Waals surface area (Å²) in [4.78, 5) is 21.7. The summed E-state index contributed by atoms with van der Waals surface area (Å²) in [5.41, 5.74) is 11.3. The number of primary amides is 1. The third kappa shape index (κ3) is 2.98. The Bertz CT molecular complexity index is 402. The fourth-order valence-electron chi connectivity index (χ4n) is 1.10. The second kappa shape index (κ2) is 4.45. The first-order valence-electron chi connectivity index (χ1n) is 4.32. The van der Waals surface area contributed by atoms with Crippen LogP contribution in [0.25, 0.3) is 0 Å². The average molecular weight is 208 g/mol. The van der Waals surface area contributed by atoms with Gasteiger partial charge in [0, 0.05) is 5.69 Å². The highest BCUT2D eigenvalue weighted by Gasteiger charge is 2.09. The molecule has 0 bridgehead atoms. The third-order valence-electron chi connectivity index (χ3n) is 1.75. The number of anilines is 1. The van der Waals surface area contributed by atoms with Gasteiger partial charge in [-0.3, -0.25) is 9.59 Å². The van der Waals surface area contributed by atoms with Crippen molar-refractivity contribution in [2.45, 2.75) is 6.92 Å². The van der Waals surface area contributed by atoms with E-state index in [-0.39, 0.29) is 12.4 Å². The van der Waals surface area contributed by atoms with Gasteiger partial charge in [-0.1, -0.05) is 0 Å². The predicted molar refractivity (Wildman–Crippen MR) is 55.5 cm³/mol. The summed E-state index contributed by atoms with van der Waals surface area (Å²) in [5.74, 6) is -0.460. The molecule has 0 saturated heterocycles. The van der Waals surface area contributed by atoms with Crippen LogP contribution in [-0.2, 0) is 4.79 Å². The molecule has 1 amide bonds. The van der Waals surface area contributed by atoms with Crippen LogP contribution in [0.3, 0.4) is 0 Å². The van der Waals surface area contributed by atoms with E-state index in [1.807, 2.05) is 0 Å². The van der Waals surface area contributed by atoms with E-state index >= 15 is 0 Å².